The van der Waals surface area contributed by atoms with E-state index >= 15 is 0 Å². The van der Waals surface area contributed by atoms with Gasteiger partial charge in [-0.2, -0.15) is 0 Å². The fourth-order valence-corrected chi connectivity index (χ4v) is 4.12. The van der Waals surface area contributed by atoms with Crippen LogP contribution in [0.15, 0.2) is 34.1 Å². The molecule has 0 saturated carbocycles. The van der Waals surface area contributed by atoms with Gasteiger partial charge in [-0.25, -0.2) is 25.4 Å². The lowest BCUT2D eigenvalue weighted by atomic mass is 10.1. The van der Waals surface area contributed by atoms with E-state index in [2.05, 4.69) is 0 Å². The van der Waals surface area contributed by atoms with Crippen LogP contribution in [0.25, 0.3) is 10.8 Å². The Morgan fingerprint density at radius 3 is 1.67 bits per heavy atom. The maximum atomic E-state index is 12.3. The van der Waals surface area contributed by atoms with Crippen LogP contribution < -0.4 is 5.73 Å². The van der Waals surface area contributed by atoms with Crippen LogP contribution in [0.4, 0.5) is 5.69 Å². The van der Waals surface area contributed by atoms with Gasteiger partial charge in [-0.15, -0.1) is 0 Å². The molecule has 0 aliphatic carbocycles. The predicted octanol–water partition coefficient (Wildman–Crippen LogP) is 0.628. The Morgan fingerprint density at radius 1 is 0.833 bits per heavy atom. The van der Waals surface area contributed by atoms with Crippen LogP contribution in [0.3, 0.4) is 0 Å². The van der Waals surface area contributed by atoms with Gasteiger partial charge in [0.25, 0.3) is 0 Å². The van der Waals surface area contributed by atoms with Crippen molar-refractivity contribution >= 4 is 36.5 Å². The fourth-order valence-electron chi connectivity index (χ4n) is 2.19. The van der Waals surface area contributed by atoms with Crippen LogP contribution >= 0.6 is 0 Å². The molecule has 0 saturated heterocycles. The molecule has 0 unspecified atom stereocenters. The third-order valence-corrected chi connectivity index (χ3v) is 7.15. The van der Waals surface area contributed by atoms with Gasteiger partial charge in [-0.05, 0) is 23.6 Å². The average molecular weight is 373 g/mol. The lowest BCUT2D eigenvalue weighted by Gasteiger charge is -2.16. The van der Waals surface area contributed by atoms with Crippen molar-refractivity contribution in [3.05, 3.63) is 24.3 Å². The molecule has 0 radical (unpaired) electrons. The highest BCUT2D eigenvalue weighted by atomic mass is 32.2. The average Bonchev–Trinajstić information content (AvgIpc) is 2.45. The van der Waals surface area contributed by atoms with Crippen molar-refractivity contribution in [2.24, 2.45) is 0 Å². The molecule has 0 amide bonds. The Labute approximate surface area is 141 Å². The number of hydrogen-bond acceptors (Lipinski definition) is 6. The second kappa shape index (κ2) is 5.88. The summed E-state index contributed by atoms with van der Waals surface area (Å²) in [6.07, 6.45) is 0. The molecular weight excluding hydrogens is 354 g/mol. The van der Waals surface area contributed by atoms with Crippen LogP contribution in [0.2, 0.25) is 0 Å². The molecule has 0 bridgehead atoms. The Bertz CT molecular complexity index is 934. The van der Waals surface area contributed by atoms with Gasteiger partial charge in [-0.3, -0.25) is 0 Å². The van der Waals surface area contributed by atoms with E-state index in [0.29, 0.717) is 0 Å². The van der Waals surface area contributed by atoms with Crippen molar-refractivity contribution in [2.75, 3.05) is 33.9 Å². The molecule has 0 aliphatic heterocycles. The van der Waals surface area contributed by atoms with E-state index < -0.39 is 20.0 Å². The van der Waals surface area contributed by atoms with Crippen molar-refractivity contribution in [1.29, 1.82) is 0 Å². The van der Waals surface area contributed by atoms with Gasteiger partial charge < -0.3 is 10.8 Å². The van der Waals surface area contributed by atoms with Gasteiger partial charge in [0, 0.05) is 45.3 Å². The second-order valence-electron chi connectivity index (χ2n) is 5.63. The number of aromatic hydroxyl groups is 1. The van der Waals surface area contributed by atoms with Crippen LogP contribution in [-0.2, 0) is 20.0 Å². The lowest BCUT2D eigenvalue weighted by Crippen LogP contribution is -2.23. The van der Waals surface area contributed by atoms with Crippen LogP contribution in [0.1, 0.15) is 0 Å². The first-order valence-corrected chi connectivity index (χ1v) is 9.68. The molecule has 3 N–H and O–H groups in total. The third kappa shape index (κ3) is 2.93. The highest BCUT2D eigenvalue weighted by Gasteiger charge is 2.23. The summed E-state index contributed by atoms with van der Waals surface area (Å²) < 4.78 is 51.1. The number of nitrogens with two attached hydrogens (primary N) is 1. The number of rotatable bonds is 4. The number of nitrogens with zero attached hydrogens (tertiary/aromatic N) is 2. The molecule has 132 valence electrons. The second-order valence-corrected chi connectivity index (χ2v) is 9.93. The van der Waals surface area contributed by atoms with Crippen molar-refractivity contribution in [3.8, 4) is 5.75 Å². The number of phenols is 1. The maximum absolute atomic E-state index is 12.3. The first-order chi connectivity index (χ1) is 10.9. The summed E-state index contributed by atoms with van der Waals surface area (Å²) in [5, 5.41) is 10.6. The molecule has 24 heavy (non-hydrogen) atoms. The van der Waals surface area contributed by atoms with Gasteiger partial charge in [0.2, 0.25) is 20.0 Å². The molecule has 2 aromatic carbocycles. The summed E-state index contributed by atoms with van der Waals surface area (Å²) >= 11 is 0. The lowest BCUT2D eigenvalue weighted by molar-refractivity contribution is 0.478. The van der Waals surface area contributed by atoms with Crippen molar-refractivity contribution in [1.82, 2.24) is 8.61 Å². The number of sulfonamides is 2. The van der Waals surface area contributed by atoms with Crippen LogP contribution in [-0.4, -0.2) is 58.7 Å². The van der Waals surface area contributed by atoms with E-state index in [0.717, 1.165) is 14.7 Å². The van der Waals surface area contributed by atoms with Gasteiger partial charge in [0.05, 0.1) is 9.79 Å². The number of phenolic OH excluding ortho intramolecular Hbond substituents is 1. The Kier molecular flexibility index (Phi) is 4.53. The summed E-state index contributed by atoms with van der Waals surface area (Å²) in [5.41, 5.74) is 5.91. The van der Waals surface area contributed by atoms with Crippen molar-refractivity contribution in [2.45, 2.75) is 9.79 Å². The Morgan fingerprint density at radius 2 is 1.25 bits per heavy atom. The summed E-state index contributed by atoms with van der Waals surface area (Å²) in [4.78, 5) is -0.243. The standard InChI is InChI=1S/C14H19N3O5S2/c1-16(2)23(19,20)10-5-9-6-11(24(21,22)17(3)4)8-13(18)14(9)12(15)7-10/h5-8,18H,15H2,1-4H3. The van der Waals surface area contributed by atoms with Gasteiger partial charge in [-0.1, -0.05) is 0 Å². The maximum Gasteiger partial charge on any atom is 0.242 e. The third-order valence-electron chi connectivity index (χ3n) is 3.56. The largest absolute Gasteiger partial charge is 0.507 e. The molecule has 8 nitrogen and oxygen atoms in total. The normalized spacial score (nSPS) is 13.1. The molecule has 2 aromatic rings. The highest BCUT2D eigenvalue weighted by molar-refractivity contribution is 7.89. The molecule has 0 heterocycles. The molecule has 0 fully saturated rings. The van der Waals surface area contributed by atoms with Gasteiger partial charge >= 0.3 is 0 Å². The zero-order valence-corrected chi connectivity index (χ0v) is 15.3. The highest BCUT2D eigenvalue weighted by Crippen LogP contribution is 2.35. The minimum Gasteiger partial charge on any atom is -0.507 e. The molecule has 2 rings (SSSR count). The number of nitrogen functional groups attached to an aromatic ring is 1. The zero-order chi connectivity index (χ0) is 18.4. The SMILES string of the molecule is CN(C)S(=O)(=O)c1cc(N)c2c(O)cc(S(=O)(=O)N(C)C)cc2c1. The summed E-state index contributed by atoms with van der Waals surface area (Å²) in [5.74, 6) is -0.334. The smallest absolute Gasteiger partial charge is 0.242 e. The number of benzene rings is 2. The van der Waals surface area contributed by atoms with Crippen LogP contribution in [0.5, 0.6) is 5.75 Å². The van der Waals surface area contributed by atoms with E-state index in [9.17, 15) is 21.9 Å². The quantitative estimate of drug-likeness (QED) is 0.758. The minimum absolute atomic E-state index is 0.0410. The summed E-state index contributed by atoms with van der Waals surface area (Å²) in [6, 6.07) is 4.90. The first kappa shape index (κ1) is 18.5. The van der Waals surface area contributed by atoms with Gasteiger partial charge in [0.1, 0.15) is 5.75 Å². The molecule has 0 spiro atoms. The van der Waals surface area contributed by atoms with E-state index in [1.807, 2.05) is 0 Å². The van der Waals surface area contributed by atoms with E-state index in [1.165, 1.54) is 46.4 Å². The van der Waals surface area contributed by atoms with E-state index in [1.54, 1.807) is 0 Å². The minimum atomic E-state index is -3.80. The molecular formula is C14H19N3O5S2. The monoisotopic (exact) mass is 373 g/mol. The van der Waals surface area contributed by atoms with E-state index in [-0.39, 0.29) is 32.0 Å². The molecule has 0 atom stereocenters. The summed E-state index contributed by atoms with van der Waals surface area (Å²) in [7, 11) is -2.08. The Balaban J connectivity index is 2.87. The fraction of sp³-hybridized carbons (Fsp3) is 0.286. The molecule has 0 aromatic heterocycles. The molecule has 0 aliphatic rings. The zero-order valence-electron chi connectivity index (χ0n) is 13.7. The Hall–Kier alpha value is -1.88. The number of fused-ring (bicyclic) bond motifs is 1. The first-order valence-electron chi connectivity index (χ1n) is 6.80. The molecule has 10 heteroatoms. The predicted molar refractivity (Wildman–Crippen MR) is 91.8 cm³/mol. The van der Waals surface area contributed by atoms with E-state index in [4.69, 9.17) is 5.73 Å². The summed E-state index contributed by atoms with van der Waals surface area (Å²) in [6.45, 7) is 0. The van der Waals surface area contributed by atoms with Gasteiger partial charge in [0.15, 0.2) is 0 Å². The topological polar surface area (TPSA) is 121 Å². The van der Waals surface area contributed by atoms with Crippen LogP contribution in [0, 0.1) is 0 Å². The number of hydrogen-bond donors (Lipinski definition) is 2. The number of anilines is 1. The van der Waals surface area contributed by atoms with Crippen molar-refractivity contribution < 1.29 is 21.9 Å². The van der Waals surface area contributed by atoms with Crippen molar-refractivity contribution in [3.63, 3.8) is 0 Å².